The molecule has 0 rings (SSSR count). The quantitative estimate of drug-likeness (QED) is 0.602. The van der Waals surface area contributed by atoms with E-state index >= 15 is 0 Å². The fourth-order valence-electron chi connectivity index (χ4n) is 0.500. The molecule has 9 heavy (non-hydrogen) atoms. The molecule has 0 saturated carbocycles. The summed E-state index contributed by atoms with van der Waals surface area (Å²) in [7, 11) is 0. The molecule has 2 heteroatoms. The van der Waals surface area contributed by atoms with E-state index in [0.29, 0.717) is 12.5 Å². The van der Waals surface area contributed by atoms with Crippen LogP contribution in [-0.2, 0) is 4.79 Å². The van der Waals surface area contributed by atoms with Gasteiger partial charge in [-0.2, -0.15) is 0 Å². The van der Waals surface area contributed by atoms with E-state index < -0.39 is 0 Å². The van der Waals surface area contributed by atoms with Gasteiger partial charge < -0.3 is 5.32 Å². The Morgan fingerprint density at radius 2 is 2.22 bits per heavy atom. The molecule has 0 aromatic heterocycles. The van der Waals surface area contributed by atoms with Crippen LogP contribution in [0.2, 0.25) is 0 Å². The Kier molecular flexibility index (Phi) is 4.32. The number of ketones is 1. The molecule has 0 heterocycles. The third-order valence-electron chi connectivity index (χ3n) is 0.875. The number of carbonyl (C=O) groups is 1. The van der Waals surface area contributed by atoms with Gasteiger partial charge in [0.2, 0.25) is 0 Å². The van der Waals surface area contributed by atoms with E-state index in [2.05, 4.69) is 26.1 Å². The van der Waals surface area contributed by atoms with Crippen molar-refractivity contribution in [3.05, 3.63) is 6.92 Å². The topological polar surface area (TPSA) is 29.1 Å². The predicted molar refractivity (Wildman–Crippen MR) is 38.1 cm³/mol. The molecule has 1 radical (unpaired) electrons. The summed E-state index contributed by atoms with van der Waals surface area (Å²) in [6, 6.07) is 0. The highest BCUT2D eigenvalue weighted by Gasteiger charge is 1.93. The van der Waals surface area contributed by atoms with Gasteiger partial charge in [-0.15, -0.1) is 0 Å². The lowest BCUT2D eigenvalue weighted by molar-refractivity contribution is -0.114. The van der Waals surface area contributed by atoms with Crippen LogP contribution in [0, 0.1) is 12.8 Å². The van der Waals surface area contributed by atoms with Crippen molar-refractivity contribution in [1.82, 2.24) is 5.32 Å². The lowest BCUT2D eigenvalue weighted by Gasteiger charge is -2.03. The molecule has 0 aromatic rings. The summed E-state index contributed by atoms with van der Waals surface area (Å²) in [6.07, 6.45) is 0. The molecule has 0 bridgehead atoms. The van der Waals surface area contributed by atoms with Crippen LogP contribution in [-0.4, -0.2) is 18.9 Å². The summed E-state index contributed by atoms with van der Waals surface area (Å²) in [5, 5.41) is 2.97. The normalized spacial score (nSPS) is 10.2. The number of Topliss-reactive ketones (excluding diaryl/α,β-unsaturated/α-hetero) is 1. The lowest BCUT2D eigenvalue weighted by atomic mass is 10.2. The first-order chi connectivity index (χ1) is 4.13. The smallest absolute Gasteiger partial charge is 0.147 e. The summed E-state index contributed by atoms with van der Waals surface area (Å²) < 4.78 is 0. The summed E-state index contributed by atoms with van der Waals surface area (Å²) in [4.78, 5) is 10.3. The lowest BCUT2D eigenvalue weighted by Crippen LogP contribution is -2.24. The number of carbonyl (C=O) groups excluding carboxylic acids is 1. The van der Waals surface area contributed by atoms with Gasteiger partial charge in [0.25, 0.3) is 0 Å². The minimum Gasteiger partial charge on any atom is -0.310 e. The standard InChI is InChI=1S/C7H14NO/c1-6(2)4-8-5-7(3)9/h6,8H,3-5H2,1-2H3. The van der Waals surface area contributed by atoms with Crippen LogP contribution in [0.1, 0.15) is 13.8 Å². The molecule has 0 saturated heterocycles. The molecule has 0 unspecified atom stereocenters. The monoisotopic (exact) mass is 128 g/mol. The first-order valence-corrected chi connectivity index (χ1v) is 3.18. The van der Waals surface area contributed by atoms with Crippen molar-refractivity contribution in [2.24, 2.45) is 5.92 Å². The van der Waals surface area contributed by atoms with Crippen LogP contribution in [0.25, 0.3) is 0 Å². The van der Waals surface area contributed by atoms with E-state index in [1.54, 1.807) is 0 Å². The van der Waals surface area contributed by atoms with Gasteiger partial charge in [0.05, 0.1) is 6.54 Å². The van der Waals surface area contributed by atoms with Crippen molar-refractivity contribution in [2.75, 3.05) is 13.1 Å². The van der Waals surface area contributed by atoms with Crippen LogP contribution in [0.4, 0.5) is 0 Å². The molecule has 0 fully saturated rings. The van der Waals surface area contributed by atoms with Crippen LogP contribution >= 0.6 is 0 Å². The first kappa shape index (κ1) is 8.63. The average molecular weight is 128 g/mol. The van der Waals surface area contributed by atoms with E-state index in [-0.39, 0.29) is 5.78 Å². The zero-order valence-electron chi connectivity index (χ0n) is 6.11. The molecule has 0 aliphatic heterocycles. The van der Waals surface area contributed by atoms with Gasteiger partial charge in [0.15, 0.2) is 0 Å². The number of rotatable bonds is 4. The van der Waals surface area contributed by atoms with Crippen molar-refractivity contribution < 1.29 is 4.79 Å². The molecule has 2 nitrogen and oxygen atoms in total. The zero-order valence-corrected chi connectivity index (χ0v) is 6.11. The highest BCUT2D eigenvalue weighted by molar-refractivity contribution is 5.84. The maximum absolute atomic E-state index is 10.3. The van der Waals surface area contributed by atoms with Crippen LogP contribution in [0.15, 0.2) is 0 Å². The number of hydrogen-bond acceptors (Lipinski definition) is 2. The van der Waals surface area contributed by atoms with Crippen molar-refractivity contribution in [3.63, 3.8) is 0 Å². The largest absolute Gasteiger partial charge is 0.310 e. The fourth-order valence-corrected chi connectivity index (χ4v) is 0.500. The molecular formula is C7H14NO. The maximum Gasteiger partial charge on any atom is 0.147 e. The van der Waals surface area contributed by atoms with Crippen molar-refractivity contribution in [2.45, 2.75) is 13.8 Å². The molecule has 0 amide bonds. The molecule has 0 spiro atoms. The second-order valence-corrected chi connectivity index (χ2v) is 2.56. The first-order valence-electron chi connectivity index (χ1n) is 3.18. The van der Waals surface area contributed by atoms with Crippen molar-refractivity contribution >= 4 is 5.78 Å². The zero-order chi connectivity index (χ0) is 7.28. The molecule has 0 aliphatic carbocycles. The van der Waals surface area contributed by atoms with Crippen LogP contribution < -0.4 is 5.32 Å². The van der Waals surface area contributed by atoms with E-state index in [1.807, 2.05) is 0 Å². The minimum atomic E-state index is -0.0457. The molecule has 0 aromatic carbocycles. The van der Waals surface area contributed by atoms with Gasteiger partial charge in [-0.3, -0.25) is 4.79 Å². The van der Waals surface area contributed by atoms with E-state index in [9.17, 15) is 4.79 Å². The Morgan fingerprint density at radius 3 is 2.56 bits per heavy atom. The second kappa shape index (κ2) is 4.50. The third kappa shape index (κ3) is 7.63. The van der Waals surface area contributed by atoms with Crippen LogP contribution in [0.3, 0.4) is 0 Å². The molecule has 53 valence electrons. The van der Waals surface area contributed by atoms with E-state index in [1.165, 1.54) is 0 Å². The van der Waals surface area contributed by atoms with Crippen molar-refractivity contribution in [1.29, 1.82) is 0 Å². The molecular weight excluding hydrogens is 114 g/mol. The van der Waals surface area contributed by atoms with Gasteiger partial charge in [-0.25, -0.2) is 0 Å². The molecule has 0 aliphatic rings. The van der Waals surface area contributed by atoms with Gasteiger partial charge in [-0.05, 0) is 12.5 Å². The summed E-state index contributed by atoms with van der Waals surface area (Å²) in [6.45, 7) is 8.72. The Labute approximate surface area is 56.6 Å². The molecule has 0 atom stereocenters. The highest BCUT2D eigenvalue weighted by atomic mass is 16.1. The number of nitrogens with one attached hydrogen (secondary N) is 1. The third-order valence-corrected chi connectivity index (χ3v) is 0.875. The Bertz CT molecular complexity index is 88.9. The highest BCUT2D eigenvalue weighted by Crippen LogP contribution is 1.85. The van der Waals surface area contributed by atoms with Gasteiger partial charge in [0, 0.05) is 6.92 Å². The number of hydrogen-bond donors (Lipinski definition) is 1. The SMILES string of the molecule is [CH2]C(=O)CNCC(C)C. The summed E-state index contributed by atoms with van der Waals surface area (Å²) in [5.74, 6) is 0.556. The predicted octanol–water partition coefficient (Wildman–Crippen LogP) is 0.635. The van der Waals surface area contributed by atoms with Gasteiger partial charge in [0.1, 0.15) is 5.78 Å². The van der Waals surface area contributed by atoms with Gasteiger partial charge >= 0.3 is 0 Å². The van der Waals surface area contributed by atoms with Gasteiger partial charge in [-0.1, -0.05) is 13.8 Å². The summed E-state index contributed by atoms with van der Waals surface area (Å²) >= 11 is 0. The summed E-state index contributed by atoms with van der Waals surface area (Å²) in [5.41, 5.74) is 0. The van der Waals surface area contributed by atoms with Crippen LogP contribution in [0.5, 0.6) is 0 Å². The Morgan fingerprint density at radius 1 is 1.67 bits per heavy atom. The minimum absolute atomic E-state index is 0.0457. The van der Waals surface area contributed by atoms with Crippen molar-refractivity contribution in [3.8, 4) is 0 Å². The Hall–Kier alpha value is -0.370. The maximum atomic E-state index is 10.3. The van der Waals surface area contributed by atoms with E-state index in [0.717, 1.165) is 6.54 Å². The Balaban J connectivity index is 3.01. The average Bonchev–Trinajstić information content (AvgIpc) is 1.63. The van der Waals surface area contributed by atoms with E-state index in [4.69, 9.17) is 0 Å². The molecule has 1 N–H and O–H groups in total. The fraction of sp³-hybridized carbons (Fsp3) is 0.714. The second-order valence-electron chi connectivity index (χ2n) is 2.56.